The number of rotatable bonds is 7. The Hall–Kier alpha value is -3.37. The second-order valence-corrected chi connectivity index (χ2v) is 8.15. The fourth-order valence-corrected chi connectivity index (χ4v) is 4.51. The van der Waals surface area contributed by atoms with Gasteiger partial charge in [-0.05, 0) is 37.1 Å². The summed E-state index contributed by atoms with van der Waals surface area (Å²) in [5, 5.41) is 0. The van der Waals surface area contributed by atoms with Crippen LogP contribution in [0.3, 0.4) is 0 Å². The normalized spacial score (nSPS) is 11.7. The molecule has 4 heteroatoms. The monoisotopic (exact) mass is 410 g/mol. The highest BCUT2D eigenvalue weighted by atomic mass is 15.2. The third-order valence-electron chi connectivity index (χ3n) is 6.41. The Balaban J connectivity index is 1.53. The standard InChI is InChI=1S/C27H28N4/c1-3-29(4-2)18-19-30-25-12-8-9-13-26(25)31-20-24(28-27(30)31)23-16-14-22(15-17-23)21-10-6-5-7-11-21/h5-17,20H,3-4,18-19H2,1-2H3/p+2. The number of para-hydroxylation sites is 2. The molecule has 5 aromatic rings. The van der Waals surface area contributed by atoms with E-state index >= 15 is 0 Å². The number of aromatic nitrogens is 3. The molecule has 0 spiro atoms. The molecule has 0 aliphatic carbocycles. The molecular formula is C27H30N4+2. The number of H-pyrrole nitrogens is 1. The molecule has 0 saturated heterocycles. The number of benzene rings is 3. The molecule has 0 aliphatic rings. The second kappa shape index (κ2) is 8.40. The first-order chi connectivity index (χ1) is 15.3. The van der Waals surface area contributed by atoms with Gasteiger partial charge in [-0.1, -0.05) is 66.7 Å². The Morgan fingerprint density at radius 1 is 0.774 bits per heavy atom. The summed E-state index contributed by atoms with van der Waals surface area (Å²) < 4.78 is 4.73. The van der Waals surface area contributed by atoms with Crippen molar-refractivity contribution in [2.24, 2.45) is 0 Å². The van der Waals surface area contributed by atoms with Gasteiger partial charge >= 0.3 is 5.78 Å². The van der Waals surface area contributed by atoms with Crippen LogP contribution in [0.25, 0.3) is 39.2 Å². The van der Waals surface area contributed by atoms with E-state index in [-0.39, 0.29) is 0 Å². The maximum atomic E-state index is 3.71. The predicted octanol–water partition coefficient (Wildman–Crippen LogP) is 3.97. The van der Waals surface area contributed by atoms with Crippen molar-refractivity contribution >= 4 is 16.8 Å². The van der Waals surface area contributed by atoms with E-state index in [2.05, 4.69) is 113 Å². The van der Waals surface area contributed by atoms with Crippen LogP contribution < -0.4 is 9.47 Å². The Kier molecular flexibility index (Phi) is 5.31. The number of imidazole rings is 2. The average Bonchev–Trinajstić information content (AvgIpc) is 3.39. The smallest absolute Gasteiger partial charge is 0.333 e. The molecule has 0 amide bonds. The molecule has 0 unspecified atom stereocenters. The minimum absolute atomic E-state index is 1.00. The van der Waals surface area contributed by atoms with Crippen LogP contribution in [0.5, 0.6) is 0 Å². The van der Waals surface area contributed by atoms with Crippen LogP contribution >= 0.6 is 0 Å². The highest BCUT2D eigenvalue weighted by Crippen LogP contribution is 2.25. The number of nitrogens with zero attached hydrogens (tertiary/aromatic N) is 2. The fraction of sp³-hybridized carbons (Fsp3) is 0.222. The predicted molar refractivity (Wildman–Crippen MR) is 127 cm³/mol. The zero-order chi connectivity index (χ0) is 21.2. The van der Waals surface area contributed by atoms with Crippen molar-refractivity contribution in [1.29, 1.82) is 0 Å². The zero-order valence-corrected chi connectivity index (χ0v) is 18.3. The molecule has 31 heavy (non-hydrogen) atoms. The molecule has 0 bridgehead atoms. The lowest BCUT2D eigenvalue weighted by Crippen LogP contribution is -3.12. The van der Waals surface area contributed by atoms with E-state index in [1.165, 1.54) is 27.7 Å². The first-order valence-corrected chi connectivity index (χ1v) is 11.3. The Labute approximate surface area is 183 Å². The fourth-order valence-electron chi connectivity index (χ4n) is 4.51. The minimum Gasteiger partial charge on any atom is -0.333 e. The number of hydrogen-bond donors (Lipinski definition) is 2. The quantitative estimate of drug-likeness (QED) is 0.380. The van der Waals surface area contributed by atoms with Crippen molar-refractivity contribution in [2.45, 2.75) is 20.4 Å². The molecule has 0 fully saturated rings. The third kappa shape index (κ3) is 3.64. The number of likely N-dealkylation sites (N-methyl/N-ethyl adjacent to an activating group) is 1. The lowest BCUT2D eigenvalue weighted by Gasteiger charge is -2.14. The van der Waals surface area contributed by atoms with Crippen LogP contribution in [0, 0.1) is 0 Å². The molecule has 0 radical (unpaired) electrons. The lowest BCUT2D eigenvalue weighted by atomic mass is 10.0. The van der Waals surface area contributed by atoms with Gasteiger partial charge in [0.25, 0.3) is 0 Å². The van der Waals surface area contributed by atoms with Crippen LogP contribution in [0.15, 0.2) is 85.1 Å². The number of quaternary nitrogens is 1. The van der Waals surface area contributed by atoms with E-state index in [0.29, 0.717) is 0 Å². The maximum absolute atomic E-state index is 3.71. The lowest BCUT2D eigenvalue weighted by molar-refractivity contribution is -0.912. The van der Waals surface area contributed by atoms with Crippen LogP contribution in [-0.4, -0.2) is 29.0 Å². The van der Waals surface area contributed by atoms with Gasteiger partial charge in [0, 0.05) is 5.56 Å². The summed E-state index contributed by atoms with van der Waals surface area (Å²) in [5.74, 6) is 1.15. The van der Waals surface area contributed by atoms with E-state index in [4.69, 9.17) is 0 Å². The van der Waals surface area contributed by atoms with Crippen molar-refractivity contribution in [3.05, 3.63) is 85.1 Å². The first-order valence-electron chi connectivity index (χ1n) is 11.3. The van der Waals surface area contributed by atoms with Crippen LogP contribution in [-0.2, 0) is 6.54 Å². The van der Waals surface area contributed by atoms with Crippen molar-refractivity contribution in [3.63, 3.8) is 0 Å². The molecule has 0 saturated carbocycles. The molecule has 156 valence electrons. The van der Waals surface area contributed by atoms with Crippen LogP contribution in [0.4, 0.5) is 0 Å². The third-order valence-corrected chi connectivity index (χ3v) is 6.41. The van der Waals surface area contributed by atoms with Gasteiger partial charge in [0.05, 0.1) is 13.1 Å². The molecule has 0 aliphatic heterocycles. The van der Waals surface area contributed by atoms with Gasteiger partial charge in [-0.15, -0.1) is 0 Å². The van der Waals surface area contributed by atoms with E-state index in [9.17, 15) is 0 Å². The van der Waals surface area contributed by atoms with Crippen molar-refractivity contribution in [1.82, 2.24) is 9.38 Å². The Morgan fingerprint density at radius 3 is 2.16 bits per heavy atom. The summed E-state index contributed by atoms with van der Waals surface area (Å²) in [6.07, 6.45) is 2.23. The number of fused-ring (bicyclic) bond motifs is 3. The molecule has 4 nitrogen and oxygen atoms in total. The first kappa shape index (κ1) is 19.6. The van der Waals surface area contributed by atoms with Crippen LogP contribution in [0.2, 0.25) is 0 Å². The Bertz CT molecular complexity index is 1290. The van der Waals surface area contributed by atoms with Gasteiger partial charge in [-0.25, -0.2) is 9.55 Å². The molecule has 3 aromatic carbocycles. The molecule has 0 atom stereocenters. The van der Waals surface area contributed by atoms with Crippen LogP contribution in [0.1, 0.15) is 13.8 Å². The summed E-state index contributed by atoms with van der Waals surface area (Å²) >= 11 is 0. The molecule has 5 rings (SSSR count). The zero-order valence-electron chi connectivity index (χ0n) is 18.3. The van der Waals surface area contributed by atoms with Gasteiger partial charge in [0.15, 0.2) is 0 Å². The molecule has 2 aromatic heterocycles. The van der Waals surface area contributed by atoms with E-state index in [1.54, 1.807) is 4.90 Å². The van der Waals surface area contributed by atoms with Crippen molar-refractivity contribution in [2.75, 3.05) is 19.6 Å². The highest BCUT2D eigenvalue weighted by molar-refractivity contribution is 5.77. The molecular weight excluding hydrogens is 380 g/mol. The van der Waals surface area contributed by atoms with Crippen molar-refractivity contribution in [3.8, 4) is 22.4 Å². The summed E-state index contributed by atoms with van der Waals surface area (Å²) in [6.45, 7) is 8.99. The van der Waals surface area contributed by atoms with E-state index < -0.39 is 0 Å². The summed E-state index contributed by atoms with van der Waals surface area (Å²) in [4.78, 5) is 5.33. The van der Waals surface area contributed by atoms with E-state index in [1.807, 2.05) is 0 Å². The van der Waals surface area contributed by atoms with Gasteiger partial charge in [-0.2, -0.15) is 4.40 Å². The highest BCUT2D eigenvalue weighted by Gasteiger charge is 2.22. The summed E-state index contributed by atoms with van der Waals surface area (Å²) in [7, 11) is 0. The van der Waals surface area contributed by atoms with Crippen molar-refractivity contribution < 1.29 is 9.47 Å². The number of nitrogens with one attached hydrogen (secondary N) is 2. The van der Waals surface area contributed by atoms with E-state index in [0.717, 1.165) is 37.7 Å². The van der Waals surface area contributed by atoms with Gasteiger partial charge in [-0.3, -0.25) is 0 Å². The minimum atomic E-state index is 1.00. The number of aromatic amines is 1. The van der Waals surface area contributed by atoms with Gasteiger partial charge in [0.1, 0.15) is 36.0 Å². The van der Waals surface area contributed by atoms with Gasteiger partial charge in [0.2, 0.25) is 0 Å². The topological polar surface area (TPSA) is 28.5 Å². The van der Waals surface area contributed by atoms with Gasteiger partial charge < -0.3 is 4.90 Å². The summed E-state index contributed by atoms with van der Waals surface area (Å²) in [5.41, 5.74) is 7.36. The number of hydrogen-bond acceptors (Lipinski definition) is 0. The Morgan fingerprint density at radius 2 is 1.42 bits per heavy atom. The molecule has 2 heterocycles. The largest absolute Gasteiger partial charge is 0.368 e. The maximum Gasteiger partial charge on any atom is 0.368 e. The SMILES string of the molecule is CC[NH+](CC)CC[n+]1c2ccccc2n2cc(-c3ccc(-c4ccccc4)cc3)[nH]c21. The summed E-state index contributed by atoms with van der Waals surface area (Å²) in [6, 6.07) is 28.0. The second-order valence-electron chi connectivity index (χ2n) is 8.15. The molecule has 2 N–H and O–H groups in total. The average molecular weight is 411 g/mol.